The number of amides is 1. The number of nitrogens with one attached hydrogen (secondary N) is 1. The minimum atomic E-state index is 0.00482. The molecule has 5 nitrogen and oxygen atoms in total. The van der Waals surface area contributed by atoms with E-state index in [2.05, 4.69) is 5.32 Å². The lowest BCUT2D eigenvalue weighted by Gasteiger charge is -2.05. The van der Waals surface area contributed by atoms with Crippen LogP contribution in [0.3, 0.4) is 0 Å². The van der Waals surface area contributed by atoms with Gasteiger partial charge in [-0.3, -0.25) is 9.59 Å². The molecular formula is C14H31NO4. The Morgan fingerprint density at radius 2 is 1.47 bits per heavy atom. The molecule has 0 unspecified atom stereocenters. The van der Waals surface area contributed by atoms with Gasteiger partial charge in [-0.15, -0.1) is 0 Å². The molecule has 0 rings (SSSR count). The zero-order valence-corrected chi connectivity index (χ0v) is 13.4. The summed E-state index contributed by atoms with van der Waals surface area (Å²) in [6.45, 7) is 13.2. The summed E-state index contributed by atoms with van der Waals surface area (Å²) in [6.07, 6.45) is 0.488. The first-order valence-electron chi connectivity index (χ1n) is 7.08. The van der Waals surface area contributed by atoms with Crippen LogP contribution in [-0.4, -0.2) is 44.7 Å². The van der Waals surface area contributed by atoms with Crippen molar-refractivity contribution >= 4 is 11.7 Å². The average Bonchev–Trinajstić information content (AvgIpc) is 2.45. The maximum Gasteiger partial charge on any atom is 0.219 e. The van der Waals surface area contributed by atoms with Gasteiger partial charge in [0.05, 0.1) is 19.8 Å². The summed E-state index contributed by atoms with van der Waals surface area (Å²) in [5.74, 6) is 0.0247. The van der Waals surface area contributed by atoms with E-state index in [-0.39, 0.29) is 18.3 Å². The Balaban J connectivity index is -0.000000579. The van der Waals surface area contributed by atoms with Crippen LogP contribution in [0.5, 0.6) is 0 Å². The molecule has 0 fully saturated rings. The molecule has 0 radical (unpaired) electrons. The number of carbonyl (C=O) groups is 2. The first-order valence-corrected chi connectivity index (χ1v) is 7.08. The van der Waals surface area contributed by atoms with Crippen molar-refractivity contribution in [3.63, 3.8) is 0 Å². The minimum Gasteiger partial charge on any atom is -0.377 e. The minimum absolute atomic E-state index is 0.00482. The molecule has 0 atom stereocenters. The quantitative estimate of drug-likeness (QED) is 0.656. The Morgan fingerprint density at radius 1 is 0.947 bits per heavy atom. The summed E-state index contributed by atoms with van der Waals surface area (Å²) in [5.41, 5.74) is 0. The molecule has 0 saturated heterocycles. The number of rotatable bonds is 9. The van der Waals surface area contributed by atoms with Crippen LogP contribution < -0.4 is 5.32 Å². The molecule has 0 aromatic rings. The second-order valence-corrected chi connectivity index (χ2v) is 3.07. The van der Waals surface area contributed by atoms with Gasteiger partial charge in [0.25, 0.3) is 0 Å². The van der Waals surface area contributed by atoms with Gasteiger partial charge < -0.3 is 14.8 Å². The Morgan fingerprint density at radius 3 is 1.95 bits per heavy atom. The van der Waals surface area contributed by atoms with Gasteiger partial charge in [0.15, 0.2) is 5.78 Å². The number of carbonyl (C=O) groups excluding carboxylic acids is 2. The Hall–Kier alpha value is -0.940. The molecule has 5 heteroatoms. The fraction of sp³-hybridized carbons (Fsp3) is 0.857. The van der Waals surface area contributed by atoms with Crippen LogP contribution in [0.25, 0.3) is 0 Å². The molecule has 0 aliphatic rings. The predicted octanol–water partition coefficient (Wildman–Crippen LogP) is 2.19. The summed E-state index contributed by atoms with van der Waals surface area (Å²) in [4.78, 5) is 21.3. The normalized spacial score (nSPS) is 8.53. The summed E-state index contributed by atoms with van der Waals surface area (Å²) in [7, 11) is 0. The third kappa shape index (κ3) is 26.6. The van der Waals surface area contributed by atoms with Crippen LogP contribution in [0.2, 0.25) is 0 Å². The predicted molar refractivity (Wildman–Crippen MR) is 78.3 cm³/mol. The van der Waals surface area contributed by atoms with E-state index in [1.807, 2.05) is 27.7 Å². The zero-order valence-electron chi connectivity index (χ0n) is 13.4. The van der Waals surface area contributed by atoms with Crippen LogP contribution in [0, 0.1) is 0 Å². The Bertz CT molecular complexity index is 196. The van der Waals surface area contributed by atoms with Crippen molar-refractivity contribution in [3.8, 4) is 0 Å². The van der Waals surface area contributed by atoms with Crippen LogP contribution in [0.4, 0.5) is 0 Å². The molecule has 0 aromatic heterocycles. The van der Waals surface area contributed by atoms with Crippen molar-refractivity contribution in [2.24, 2.45) is 0 Å². The Kier molecular flexibility index (Phi) is 27.2. The van der Waals surface area contributed by atoms with Crippen LogP contribution in [0.1, 0.15) is 48.0 Å². The Labute approximate surface area is 118 Å². The van der Waals surface area contributed by atoms with Crippen LogP contribution in [-0.2, 0) is 19.1 Å². The standard InChI is InChI=1S/C10H19NO4.2C2H6/c1-3-10(13)11-4-5-14-6-7-15-8-9(2)12;2*1-2/h3-8H2,1-2H3,(H,11,13);2*1-2H3. The molecule has 0 heterocycles. The van der Waals surface area contributed by atoms with Gasteiger partial charge >= 0.3 is 0 Å². The monoisotopic (exact) mass is 277 g/mol. The van der Waals surface area contributed by atoms with Gasteiger partial charge in [-0.1, -0.05) is 34.6 Å². The number of hydrogen-bond acceptors (Lipinski definition) is 4. The van der Waals surface area contributed by atoms with Gasteiger partial charge in [0, 0.05) is 13.0 Å². The second kappa shape index (κ2) is 22.3. The van der Waals surface area contributed by atoms with Gasteiger partial charge in [-0.2, -0.15) is 0 Å². The van der Waals surface area contributed by atoms with Gasteiger partial charge in [-0.05, 0) is 6.92 Å². The lowest BCUT2D eigenvalue weighted by atomic mass is 10.4. The van der Waals surface area contributed by atoms with Crippen LogP contribution >= 0.6 is 0 Å². The first-order chi connectivity index (χ1) is 9.16. The number of hydrogen-bond donors (Lipinski definition) is 1. The lowest BCUT2D eigenvalue weighted by molar-refractivity contribution is -0.122. The van der Waals surface area contributed by atoms with Crippen molar-refractivity contribution in [3.05, 3.63) is 0 Å². The molecule has 0 aliphatic carbocycles. The molecule has 19 heavy (non-hydrogen) atoms. The van der Waals surface area contributed by atoms with E-state index in [4.69, 9.17) is 9.47 Å². The maximum atomic E-state index is 10.8. The summed E-state index contributed by atoms with van der Waals surface area (Å²) in [6, 6.07) is 0. The van der Waals surface area contributed by atoms with Crippen LogP contribution in [0.15, 0.2) is 0 Å². The van der Waals surface area contributed by atoms with Crippen molar-refractivity contribution in [1.29, 1.82) is 0 Å². The third-order valence-electron chi connectivity index (χ3n) is 1.57. The number of ketones is 1. The highest BCUT2D eigenvalue weighted by atomic mass is 16.5. The highest BCUT2D eigenvalue weighted by molar-refractivity contribution is 5.76. The highest BCUT2D eigenvalue weighted by Crippen LogP contribution is 1.80. The molecule has 0 spiro atoms. The second-order valence-electron chi connectivity index (χ2n) is 3.07. The van der Waals surface area contributed by atoms with E-state index < -0.39 is 0 Å². The largest absolute Gasteiger partial charge is 0.377 e. The molecule has 116 valence electrons. The van der Waals surface area contributed by atoms with Crippen molar-refractivity contribution in [2.75, 3.05) is 33.0 Å². The van der Waals surface area contributed by atoms with Gasteiger partial charge in [-0.25, -0.2) is 0 Å². The number of ether oxygens (including phenoxy) is 2. The fourth-order valence-electron chi connectivity index (χ4n) is 0.823. The van der Waals surface area contributed by atoms with E-state index in [0.29, 0.717) is 32.8 Å². The summed E-state index contributed by atoms with van der Waals surface area (Å²) in [5, 5.41) is 2.68. The zero-order chi connectivity index (χ0) is 15.5. The lowest BCUT2D eigenvalue weighted by Crippen LogP contribution is -2.26. The highest BCUT2D eigenvalue weighted by Gasteiger charge is 1.95. The molecule has 0 aromatic carbocycles. The molecule has 1 N–H and O–H groups in total. The topological polar surface area (TPSA) is 64.6 Å². The van der Waals surface area contributed by atoms with Crippen molar-refractivity contribution < 1.29 is 19.1 Å². The van der Waals surface area contributed by atoms with E-state index in [1.54, 1.807) is 6.92 Å². The van der Waals surface area contributed by atoms with E-state index in [9.17, 15) is 9.59 Å². The maximum absolute atomic E-state index is 10.8. The molecule has 0 aliphatic heterocycles. The number of Topliss-reactive ketones (excluding diaryl/α,β-unsaturated/α-hetero) is 1. The average molecular weight is 277 g/mol. The summed E-state index contributed by atoms with van der Waals surface area (Å²) >= 11 is 0. The van der Waals surface area contributed by atoms with Crippen molar-refractivity contribution in [1.82, 2.24) is 5.32 Å². The van der Waals surface area contributed by atoms with Crippen molar-refractivity contribution in [2.45, 2.75) is 48.0 Å². The first kappa shape index (κ1) is 23.2. The summed E-state index contributed by atoms with van der Waals surface area (Å²) < 4.78 is 10.1. The third-order valence-corrected chi connectivity index (χ3v) is 1.57. The van der Waals surface area contributed by atoms with Gasteiger partial charge in [0.2, 0.25) is 5.91 Å². The molecule has 1 amide bonds. The van der Waals surface area contributed by atoms with E-state index in [1.165, 1.54) is 6.92 Å². The molecule has 0 bridgehead atoms. The van der Waals surface area contributed by atoms with Gasteiger partial charge in [0.1, 0.15) is 6.61 Å². The van der Waals surface area contributed by atoms with E-state index >= 15 is 0 Å². The molecule has 0 saturated carbocycles. The molecular weight excluding hydrogens is 246 g/mol. The SMILES string of the molecule is CC.CC.CCC(=O)NCCOCCOCC(C)=O. The van der Waals surface area contributed by atoms with E-state index in [0.717, 1.165) is 0 Å². The fourth-order valence-corrected chi connectivity index (χ4v) is 0.823. The smallest absolute Gasteiger partial charge is 0.219 e.